The van der Waals surface area contributed by atoms with E-state index in [9.17, 15) is 9.18 Å². The molecule has 9 nitrogen and oxygen atoms in total. The molecule has 3 aliphatic rings. The molecule has 39 heavy (non-hydrogen) atoms. The summed E-state index contributed by atoms with van der Waals surface area (Å²) in [5, 5.41) is 16.5. The van der Waals surface area contributed by atoms with Crippen molar-refractivity contribution in [1.29, 1.82) is 0 Å². The van der Waals surface area contributed by atoms with Crippen LogP contribution in [0, 0.1) is 5.92 Å². The summed E-state index contributed by atoms with van der Waals surface area (Å²) in [5.74, 6) is 1.01. The summed E-state index contributed by atoms with van der Waals surface area (Å²) in [7, 11) is 0. The van der Waals surface area contributed by atoms with Gasteiger partial charge in [-0.25, -0.2) is 9.07 Å². The Balaban J connectivity index is 1.16. The maximum atomic E-state index is 14.8. The molecule has 0 radical (unpaired) electrons. The molecule has 0 aliphatic heterocycles. The number of hydrogen-bond acceptors (Lipinski definition) is 8. The van der Waals surface area contributed by atoms with E-state index in [1.165, 1.54) is 11.6 Å². The van der Waals surface area contributed by atoms with Crippen LogP contribution in [0.25, 0.3) is 22.8 Å². The minimum Gasteiger partial charge on any atom is -0.332 e. The van der Waals surface area contributed by atoms with Gasteiger partial charge in [0.2, 0.25) is 0 Å². The number of nitrogens with zero attached hydrogens (tertiary/aromatic N) is 6. The summed E-state index contributed by atoms with van der Waals surface area (Å²) in [5.41, 5.74) is 3.00. The first-order valence-electron chi connectivity index (χ1n) is 13.4. The van der Waals surface area contributed by atoms with Crippen molar-refractivity contribution >= 4 is 6.29 Å². The number of halogens is 1. The Bertz CT molecular complexity index is 1420. The van der Waals surface area contributed by atoms with Crippen LogP contribution in [-0.4, -0.2) is 55.2 Å². The standard InChI is InChI=1S/C29H30FN7O2/c30-24-3-1-2-4-25(24)37-27(21-13-15-31-16-14-21)26(34-36-37)29-33-28(35-39-29)22-9-5-19(6-10-22)17-32-23-11-7-20(18-38)8-12-23/h1-6,9,13-16,18,20,22-25,32H,7-8,10-12,17H2. The molecule has 0 amide bonds. The molecule has 10 heteroatoms. The molecular weight excluding hydrogens is 497 g/mol. The minimum absolute atomic E-state index is 0.0182. The van der Waals surface area contributed by atoms with Crippen LogP contribution in [0.15, 0.2) is 77.2 Å². The molecule has 3 aliphatic carbocycles. The number of alkyl halides is 1. The molecule has 1 N–H and O–H groups in total. The Morgan fingerprint density at radius 3 is 2.67 bits per heavy atom. The van der Waals surface area contributed by atoms with E-state index in [0.717, 1.165) is 50.5 Å². The maximum Gasteiger partial charge on any atom is 0.280 e. The van der Waals surface area contributed by atoms with Crippen LogP contribution in [0.5, 0.6) is 0 Å². The summed E-state index contributed by atoms with van der Waals surface area (Å²) in [6, 6.07) is 3.47. The second-order valence-electron chi connectivity index (χ2n) is 10.2. The Morgan fingerprint density at radius 2 is 1.92 bits per heavy atom. The van der Waals surface area contributed by atoms with Crippen LogP contribution in [-0.2, 0) is 4.79 Å². The molecule has 200 valence electrons. The largest absolute Gasteiger partial charge is 0.332 e. The van der Waals surface area contributed by atoms with Crippen LogP contribution in [0.4, 0.5) is 4.39 Å². The van der Waals surface area contributed by atoms with Gasteiger partial charge in [-0.2, -0.15) is 4.98 Å². The fraction of sp³-hybridized carbons (Fsp3) is 0.379. The lowest BCUT2D eigenvalue weighted by Crippen LogP contribution is -2.34. The molecule has 3 unspecified atom stereocenters. The first kappa shape index (κ1) is 25.2. The first-order valence-corrected chi connectivity index (χ1v) is 13.4. The van der Waals surface area contributed by atoms with Crippen LogP contribution in [0.2, 0.25) is 0 Å². The van der Waals surface area contributed by atoms with Gasteiger partial charge in [0, 0.05) is 42.4 Å². The Morgan fingerprint density at radius 1 is 1.10 bits per heavy atom. The van der Waals surface area contributed by atoms with Gasteiger partial charge < -0.3 is 14.6 Å². The maximum absolute atomic E-state index is 14.8. The fourth-order valence-corrected chi connectivity index (χ4v) is 5.40. The molecule has 3 aromatic rings. The smallest absolute Gasteiger partial charge is 0.280 e. The van der Waals surface area contributed by atoms with E-state index < -0.39 is 12.2 Å². The predicted molar refractivity (Wildman–Crippen MR) is 143 cm³/mol. The van der Waals surface area contributed by atoms with Gasteiger partial charge in [-0.1, -0.05) is 46.8 Å². The number of allylic oxidation sites excluding steroid dienone is 6. The van der Waals surface area contributed by atoms with Crippen LogP contribution in [0.3, 0.4) is 0 Å². The van der Waals surface area contributed by atoms with E-state index in [4.69, 9.17) is 4.52 Å². The zero-order valence-corrected chi connectivity index (χ0v) is 21.4. The molecule has 0 saturated heterocycles. The fourth-order valence-electron chi connectivity index (χ4n) is 5.40. The van der Waals surface area contributed by atoms with Crippen molar-refractivity contribution < 1.29 is 13.7 Å². The van der Waals surface area contributed by atoms with Crippen molar-refractivity contribution in [3.8, 4) is 22.8 Å². The molecule has 1 saturated carbocycles. The summed E-state index contributed by atoms with van der Waals surface area (Å²) in [4.78, 5) is 19.7. The Labute approximate surface area is 225 Å². The second-order valence-corrected chi connectivity index (χ2v) is 10.2. The third-order valence-corrected chi connectivity index (χ3v) is 7.68. The van der Waals surface area contributed by atoms with Crippen LogP contribution >= 0.6 is 0 Å². The summed E-state index contributed by atoms with van der Waals surface area (Å²) in [6.45, 7) is 0.801. The third kappa shape index (κ3) is 5.42. The van der Waals surface area contributed by atoms with Crippen molar-refractivity contribution in [2.75, 3.05) is 6.54 Å². The number of aromatic nitrogens is 6. The quantitative estimate of drug-likeness (QED) is 0.419. The van der Waals surface area contributed by atoms with Gasteiger partial charge in [-0.3, -0.25) is 4.98 Å². The zero-order chi connectivity index (χ0) is 26.6. The van der Waals surface area contributed by atoms with Gasteiger partial charge in [0.1, 0.15) is 24.2 Å². The number of carbonyl (C=O) groups excluding carboxylic acids is 1. The van der Waals surface area contributed by atoms with Gasteiger partial charge in [0.05, 0.1) is 0 Å². The molecule has 3 heterocycles. The monoisotopic (exact) mass is 527 g/mol. The van der Waals surface area contributed by atoms with Crippen molar-refractivity contribution in [3.63, 3.8) is 0 Å². The molecule has 3 atom stereocenters. The topological polar surface area (TPSA) is 112 Å². The van der Waals surface area contributed by atoms with Crippen molar-refractivity contribution in [2.45, 2.75) is 56.3 Å². The van der Waals surface area contributed by atoms with E-state index in [1.54, 1.807) is 35.3 Å². The van der Waals surface area contributed by atoms with Gasteiger partial charge in [0.15, 0.2) is 11.5 Å². The number of hydrogen-bond donors (Lipinski definition) is 1. The normalized spacial score (nSPS) is 26.5. The molecule has 3 aromatic heterocycles. The number of nitrogens with one attached hydrogen (secondary N) is 1. The summed E-state index contributed by atoms with van der Waals surface area (Å²) >= 11 is 0. The van der Waals surface area contributed by atoms with E-state index in [2.05, 4.69) is 49.0 Å². The molecular formula is C29H30FN7O2. The number of pyridine rings is 1. The van der Waals surface area contributed by atoms with E-state index >= 15 is 0 Å². The van der Waals surface area contributed by atoms with Gasteiger partial charge in [-0.15, -0.1) is 5.10 Å². The highest BCUT2D eigenvalue weighted by molar-refractivity contribution is 5.74. The molecule has 0 bridgehead atoms. The van der Waals surface area contributed by atoms with Gasteiger partial charge in [-0.05, 0) is 55.9 Å². The number of carbonyl (C=O) groups is 1. The lowest BCUT2D eigenvalue weighted by molar-refractivity contribution is -0.112. The van der Waals surface area contributed by atoms with Crippen molar-refractivity contribution in [1.82, 2.24) is 35.4 Å². The van der Waals surface area contributed by atoms with Gasteiger partial charge >= 0.3 is 0 Å². The first-order chi connectivity index (χ1) is 19.2. The van der Waals surface area contributed by atoms with Crippen LogP contribution in [0.1, 0.15) is 49.9 Å². The average Bonchev–Trinajstić information content (AvgIpc) is 3.65. The van der Waals surface area contributed by atoms with Gasteiger partial charge in [0.25, 0.3) is 5.89 Å². The molecule has 6 rings (SSSR count). The highest BCUT2D eigenvalue weighted by atomic mass is 19.1. The Hall–Kier alpha value is -4.05. The van der Waals surface area contributed by atoms with E-state index in [1.807, 2.05) is 12.1 Å². The van der Waals surface area contributed by atoms with E-state index in [-0.39, 0.29) is 17.7 Å². The minimum atomic E-state index is -1.24. The average molecular weight is 528 g/mol. The highest BCUT2D eigenvalue weighted by Crippen LogP contribution is 2.35. The Kier molecular flexibility index (Phi) is 7.36. The predicted octanol–water partition coefficient (Wildman–Crippen LogP) is 4.71. The summed E-state index contributed by atoms with van der Waals surface area (Å²) < 4.78 is 22.0. The molecule has 0 aromatic carbocycles. The second kappa shape index (κ2) is 11.4. The van der Waals surface area contributed by atoms with Crippen molar-refractivity contribution in [3.05, 3.63) is 78.5 Å². The lowest BCUT2D eigenvalue weighted by Gasteiger charge is -2.27. The SMILES string of the molecule is O=CC1CCC(NCC2=CCC(c3noc(-c4nnn(C5C=CC=CC5F)c4-c4ccncc4)n3)C=C2)CC1. The van der Waals surface area contributed by atoms with Crippen molar-refractivity contribution in [2.24, 2.45) is 5.92 Å². The zero-order valence-electron chi connectivity index (χ0n) is 21.4. The van der Waals surface area contributed by atoms with Crippen LogP contribution < -0.4 is 5.32 Å². The number of aldehydes is 1. The number of rotatable bonds is 8. The lowest BCUT2D eigenvalue weighted by atomic mass is 9.87. The van der Waals surface area contributed by atoms with E-state index in [0.29, 0.717) is 23.3 Å². The highest BCUT2D eigenvalue weighted by Gasteiger charge is 2.30. The summed E-state index contributed by atoms with van der Waals surface area (Å²) in [6.07, 6.45) is 21.1. The molecule has 1 fully saturated rings. The molecule has 0 spiro atoms. The third-order valence-electron chi connectivity index (χ3n) is 7.68.